The zero-order valence-electron chi connectivity index (χ0n) is 16.2. The Morgan fingerprint density at radius 1 is 1.03 bits per heavy atom. The van der Waals surface area contributed by atoms with E-state index >= 15 is 0 Å². The number of carbonyl (C=O) groups excluding carboxylic acids is 2. The number of rotatable bonds is 6. The molecule has 2 aromatic carbocycles. The van der Waals surface area contributed by atoms with Crippen molar-refractivity contribution in [1.82, 2.24) is 10.6 Å². The van der Waals surface area contributed by atoms with Gasteiger partial charge in [0.05, 0.1) is 6.26 Å². The van der Waals surface area contributed by atoms with Crippen LogP contribution in [0.5, 0.6) is 0 Å². The number of halogens is 1. The van der Waals surface area contributed by atoms with Crippen LogP contribution in [0.3, 0.4) is 0 Å². The van der Waals surface area contributed by atoms with Crippen molar-refractivity contribution in [2.75, 3.05) is 0 Å². The SMILES string of the molecule is Cc1ccc(C(=O)N/C(=C\c2ccco2)C(=O)NCc2ccccc2F)cc1C. The van der Waals surface area contributed by atoms with Crippen molar-refractivity contribution in [3.05, 3.63) is 100 Å². The summed E-state index contributed by atoms with van der Waals surface area (Å²) in [6.45, 7) is 3.85. The first-order chi connectivity index (χ1) is 13.9. The molecule has 1 heterocycles. The Morgan fingerprint density at radius 3 is 2.52 bits per heavy atom. The fourth-order valence-corrected chi connectivity index (χ4v) is 2.66. The van der Waals surface area contributed by atoms with E-state index in [0.717, 1.165) is 11.1 Å². The van der Waals surface area contributed by atoms with Gasteiger partial charge in [0.1, 0.15) is 17.3 Å². The van der Waals surface area contributed by atoms with Crippen LogP contribution >= 0.6 is 0 Å². The first-order valence-electron chi connectivity index (χ1n) is 9.09. The normalized spacial score (nSPS) is 11.2. The molecule has 2 amide bonds. The number of nitrogens with one attached hydrogen (secondary N) is 2. The highest BCUT2D eigenvalue weighted by molar-refractivity contribution is 6.05. The quantitative estimate of drug-likeness (QED) is 0.620. The Kier molecular flexibility index (Phi) is 6.24. The van der Waals surface area contributed by atoms with Crippen LogP contribution in [-0.2, 0) is 11.3 Å². The molecule has 0 aliphatic heterocycles. The first-order valence-corrected chi connectivity index (χ1v) is 9.09. The number of benzene rings is 2. The van der Waals surface area contributed by atoms with E-state index in [1.807, 2.05) is 19.9 Å². The van der Waals surface area contributed by atoms with Gasteiger partial charge >= 0.3 is 0 Å². The molecule has 0 aliphatic carbocycles. The van der Waals surface area contributed by atoms with Crippen LogP contribution in [0.2, 0.25) is 0 Å². The Morgan fingerprint density at radius 2 is 1.83 bits per heavy atom. The number of hydrogen-bond donors (Lipinski definition) is 2. The van der Waals surface area contributed by atoms with Gasteiger partial charge in [-0.25, -0.2) is 4.39 Å². The molecule has 0 radical (unpaired) electrons. The minimum absolute atomic E-state index is 0.000447. The molecule has 0 spiro atoms. The summed E-state index contributed by atoms with van der Waals surface area (Å²) in [5.41, 5.74) is 2.81. The Hall–Kier alpha value is -3.67. The molecule has 5 nitrogen and oxygen atoms in total. The van der Waals surface area contributed by atoms with Crippen LogP contribution in [0.25, 0.3) is 6.08 Å². The second kappa shape index (κ2) is 9.01. The monoisotopic (exact) mass is 392 g/mol. The maximum Gasteiger partial charge on any atom is 0.268 e. The molecule has 0 saturated heterocycles. The average molecular weight is 392 g/mol. The van der Waals surface area contributed by atoms with Gasteiger partial charge in [-0.2, -0.15) is 0 Å². The van der Waals surface area contributed by atoms with E-state index in [1.54, 1.807) is 42.5 Å². The van der Waals surface area contributed by atoms with E-state index in [0.29, 0.717) is 16.9 Å². The minimum atomic E-state index is -0.554. The number of carbonyl (C=O) groups is 2. The summed E-state index contributed by atoms with van der Waals surface area (Å²) in [5, 5.41) is 5.25. The van der Waals surface area contributed by atoms with Gasteiger partial charge in [-0.3, -0.25) is 9.59 Å². The van der Waals surface area contributed by atoms with Crippen LogP contribution in [0, 0.1) is 19.7 Å². The summed E-state index contributed by atoms with van der Waals surface area (Å²) >= 11 is 0. The number of hydrogen-bond acceptors (Lipinski definition) is 3. The van der Waals surface area contributed by atoms with Crippen molar-refractivity contribution < 1.29 is 18.4 Å². The molecule has 0 unspecified atom stereocenters. The summed E-state index contributed by atoms with van der Waals surface area (Å²) in [7, 11) is 0. The molecule has 3 rings (SSSR count). The van der Waals surface area contributed by atoms with Crippen molar-refractivity contribution in [3.8, 4) is 0 Å². The molecule has 3 aromatic rings. The van der Waals surface area contributed by atoms with E-state index < -0.39 is 17.6 Å². The van der Waals surface area contributed by atoms with Crippen molar-refractivity contribution in [1.29, 1.82) is 0 Å². The van der Waals surface area contributed by atoms with Gasteiger partial charge in [0.15, 0.2) is 0 Å². The van der Waals surface area contributed by atoms with Crippen molar-refractivity contribution in [2.24, 2.45) is 0 Å². The van der Waals surface area contributed by atoms with Crippen LogP contribution in [0.15, 0.2) is 71.0 Å². The first kappa shape index (κ1) is 20.1. The highest BCUT2D eigenvalue weighted by atomic mass is 19.1. The largest absolute Gasteiger partial charge is 0.465 e. The third-order valence-corrected chi connectivity index (χ3v) is 4.49. The van der Waals surface area contributed by atoms with E-state index in [1.165, 1.54) is 18.4 Å². The molecule has 29 heavy (non-hydrogen) atoms. The smallest absolute Gasteiger partial charge is 0.268 e. The zero-order chi connectivity index (χ0) is 20.8. The van der Waals surface area contributed by atoms with Gasteiger partial charge in [-0.15, -0.1) is 0 Å². The fraction of sp³-hybridized carbons (Fsp3) is 0.130. The van der Waals surface area contributed by atoms with Gasteiger partial charge in [-0.1, -0.05) is 24.3 Å². The second-order valence-electron chi connectivity index (χ2n) is 6.60. The molecule has 2 N–H and O–H groups in total. The minimum Gasteiger partial charge on any atom is -0.465 e. The van der Waals surface area contributed by atoms with E-state index in [2.05, 4.69) is 10.6 Å². The van der Waals surface area contributed by atoms with Crippen LogP contribution in [-0.4, -0.2) is 11.8 Å². The maximum atomic E-state index is 13.8. The van der Waals surface area contributed by atoms with Crippen LogP contribution in [0.1, 0.15) is 32.8 Å². The van der Waals surface area contributed by atoms with Gasteiger partial charge in [-0.05, 0) is 55.3 Å². The van der Waals surface area contributed by atoms with Gasteiger partial charge in [0.25, 0.3) is 11.8 Å². The molecule has 0 atom stereocenters. The average Bonchev–Trinajstić information content (AvgIpc) is 3.21. The lowest BCUT2D eigenvalue weighted by Gasteiger charge is -2.12. The van der Waals surface area contributed by atoms with Gasteiger partial charge < -0.3 is 15.1 Å². The Balaban J connectivity index is 1.79. The molecule has 0 aliphatic rings. The Labute approximate surface area is 168 Å². The molecule has 0 bridgehead atoms. The standard InChI is InChI=1S/C23H21FN2O3/c1-15-9-10-17(12-16(15)2)22(27)26-21(13-19-7-5-11-29-19)23(28)25-14-18-6-3-4-8-20(18)24/h3-13H,14H2,1-2H3,(H,25,28)(H,26,27)/b21-13-. The third kappa shape index (κ3) is 5.19. The van der Waals surface area contributed by atoms with Crippen LogP contribution < -0.4 is 10.6 Å². The Bertz CT molecular complexity index is 1060. The molecule has 0 fully saturated rings. The van der Waals surface area contributed by atoms with E-state index in [-0.39, 0.29) is 12.2 Å². The van der Waals surface area contributed by atoms with Crippen molar-refractivity contribution in [3.63, 3.8) is 0 Å². The summed E-state index contributed by atoms with van der Waals surface area (Å²) in [5.74, 6) is -0.987. The molecule has 6 heteroatoms. The maximum absolute atomic E-state index is 13.8. The fourth-order valence-electron chi connectivity index (χ4n) is 2.66. The lowest BCUT2D eigenvalue weighted by molar-refractivity contribution is -0.117. The summed E-state index contributed by atoms with van der Waals surface area (Å²) in [4.78, 5) is 25.3. The molecular formula is C23H21FN2O3. The van der Waals surface area contributed by atoms with Gasteiger partial charge in [0, 0.05) is 23.7 Å². The summed E-state index contributed by atoms with van der Waals surface area (Å²) < 4.78 is 19.0. The van der Waals surface area contributed by atoms with E-state index in [4.69, 9.17) is 4.42 Å². The van der Waals surface area contributed by atoms with Crippen molar-refractivity contribution in [2.45, 2.75) is 20.4 Å². The third-order valence-electron chi connectivity index (χ3n) is 4.49. The zero-order valence-corrected chi connectivity index (χ0v) is 16.2. The lowest BCUT2D eigenvalue weighted by atomic mass is 10.1. The molecule has 1 aromatic heterocycles. The predicted octanol–water partition coefficient (Wildman–Crippen LogP) is 4.12. The molecular weight excluding hydrogens is 371 g/mol. The second-order valence-corrected chi connectivity index (χ2v) is 6.60. The topological polar surface area (TPSA) is 71.3 Å². The van der Waals surface area contributed by atoms with Gasteiger partial charge in [0.2, 0.25) is 0 Å². The van der Waals surface area contributed by atoms with E-state index in [9.17, 15) is 14.0 Å². The predicted molar refractivity (Wildman–Crippen MR) is 108 cm³/mol. The summed E-state index contributed by atoms with van der Waals surface area (Å²) in [6, 6.07) is 14.8. The number of amides is 2. The molecule has 148 valence electrons. The highest BCUT2D eigenvalue weighted by Crippen LogP contribution is 2.12. The lowest BCUT2D eigenvalue weighted by Crippen LogP contribution is -2.34. The summed E-state index contributed by atoms with van der Waals surface area (Å²) in [6.07, 6.45) is 2.89. The molecule has 0 saturated carbocycles. The van der Waals surface area contributed by atoms with Crippen LogP contribution in [0.4, 0.5) is 4.39 Å². The number of aryl methyl sites for hydroxylation is 2. The number of furan rings is 1. The highest BCUT2D eigenvalue weighted by Gasteiger charge is 2.16. The van der Waals surface area contributed by atoms with Crippen molar-refractivity contribution >= 4 is 17.9 Å².